The van der Waals surface area contributed by atoms with E-state index in [1.54, 1.807) is 29.3 Å². The SMILES string of the molecule is CC(C)(C)N1CC(C(=O)NCc2ccccc2NC(=O)c2cccnc2)CC1=O. The fourth-order valence-corrected chi connectivity index (χ4v) is 3.35. The lowest BCUT2D eigenvalue weighted by Crippen LogP contribution is -2.43. The normalized spacial score (nSPS) is 16.6. The van der Waals surface area contributed by atoms with Gasteiger partial charge in [0.2, 0.25) is 11.8 Å². The van der Waals surface area contributed by atoms with E-state index in [0.29, 0.717) is 17.8 Å². The molecule has 2 N–H and O–H groups in total. The molecule has 7 nitrogen and oxygen atoms in total. The fourth-order valence-electron chi connectivity index (χ4n) is 3.35. The monoisotopic (exact) mass is 394 g/mol. The number of aromatic nitrogens is 1. The Bertz CT molecular complexity index is 906. The summed E-state index contributed by atoms with van der Waals surface area (Å²) in [6.07, 6.45) is 3.33. The van der Waals surface area contributed by atoms with Crippen molar-refractivity contribution in [3.05, 3.63) is 59.9 Å². The zero-order valence-electron chi connectivity index (χ0n) is 16.9. The zero-order chi connectivity index (χ0) is 21.0. The van der Waals surface area contributed by atoms with Gasteiger partial charge >= 0.3 is 0 Å². The van der Waals surface area contributed by atoms with E-state index >= 15 is 0 Å². The molecular weight excluding hydrogens is 368 g/mol. The van der Waals surface area contributed by atoms with Gasteiger partial charge in [0.05, 0.1) is 11.5 Å². The lowest BCUT2D eigenvalue weighted by atomic mass is 10.1. The number of rotatable bonds is 5. The third-order valence-corrected chi connectivity index (χ3v) is 4.95. The molecule has 1 fully saturated rings. The second-order valence-electron chi connectivity index (χ2n) is 8.15. The Morgan fingerprint density at radius 2 is 1.93 bits per heavy atom. The fraction of sp³-hybridized carbons (Fsp3) is 0.364. The molecule has 1 saturated heterocycles. The van der Waals surface area contributed by atoms with Gasteiger partial charge in [0.25, 0.3) is 5.91 Å². The number of hydrogen-bond donors (Lipinski definition) is 2. The number of para-hydroxylation sites is 1. The third kappa shape index (κ3) is 4.99. The first-order valence-corrected chi connectivity index (χ1v) is 9.63. The maximum atomic E-state index is 12.6. The molecule has 2 heterocycles. The van der Waals surface area contributed by atoms with Crippen molar-refractivity contribution < 1.29 is 14.4 Å². The second kappa shape index (κ2) is 8.43. The second-order valence-corrected chi connectivity index (χ2v) is 8.15. The average Bonchev–Trinajstić information content (AvgIpc) is 3.10. The molecule has 2 aromatic rings. The number of carbonyl (C=O) groups is 3. The topological polar surface area (TPSA) is 91.4 Å². The Labute approximate surface area is 170 Å². The summed E-state index contributed by atoms with van der Waals surface area (Å²) in [5.74, 6) is -0.779. The van der Waals surface area contributed by atoms with E-state index in [2.05, 4.69) is 15.6 Å². The van der Waals surface area contributed by atoms with Crippen LogP contribution in [0.3, 0.4) is 0 Å². The summed E-state index contributed by atoms with van der Waals surface area (Å²) in [7, 11) is 0. The van der Waals surface area contributed by atoms with Crippen molar-refractivity contribution in [1.82, 2.24) is 15.2 Å². The van der Waals surface area contributed by atoms with E-state index in [-0.39, 0.29) is 42.1 Å². The standard InChI is InChI=1S/C22H26N4O3/c1-22(2,3)26-14-17(11-19(26)27)20(28)24-13-15-7-4-5-9-18(15)25-21(29)16-8-6-10-23-12-16/h4-10,12,17H,11,13-14H2,1-3H3,(H,24,28)(H,25,29). The Kier molecular flexibility index (Phi) is 5.96. The molecular formula is C22H26N4O3. The first-order chi connectivity index (χ1) is 13.8. The maximum absolute atomic E-state index is 12.6. The quantitative estimate of drug-likeness (QED) is 0.815. The molecule has 0 spiro atoms. The van der Waals surface area contributed by atoms with Crippen molar-refractivity contribution >= 4 is 23.4 Å². The first-order valence-electron chi connectivity index (χ1n) is 9.63. The number of anilines is 1. The number of carbonyl (C=O) groups excluding carboxylic acids is 3. The molecule has 152 valence electrons. The summed E-state index contributed by atoms with van der Waals surface area (Å²) in [5.41, 5.74) is 1.57. The van der Waals surface area contributed by atoms with Crippen LogP contribution in [-0.4, -0.2) is 39.7 Å². The van der Waals surface area contributed by atoms with E-state index < -0.39 is 0 Å². The van der Waals surface area contributed by atoms with E-state index in [9.17, 15) is 14.4 Å². The summed E-state index contributed by atoms with van der Waals surface area (Å²) >= 11 is 0. The van der Waals surface area contributed by atoms with Gasteiger partial charge in [-0.3, -0.25) is 19.4 Å². The summed E-state index contributed by atoms with van der Waals surface area (Å²) in [4.78, 5) is 42.9. The van der Waals surface area contributed by atoms with Crippen LogP contribution in [0.1, 0.15) is 43.1 Å². The predicted molar refractivity (Wildman–Crippen MR) is 110 cm³/mol. The molecule has 1 unspecified atom stereocenters. The van der Waals surface area contributed by atoms with Crippen LogP contribution in [0.4, 0.5) is 5.69 Å². The van der Waals surface area contributed by atoms with Crippen LogP contribution in [-0.2, 0) is 16.1 Å². The zero-order valence-corrected chi connectivity index (χ0v) is 16.9. The minimum absolute atomic E-state index is 0.00165. The van der Waals surface area contributed by atoms with Crippen molar-refractivity contribution in [2.75, 3.05) is 11.9 Å². The van der Waals surface area contributed by atoms with E-state index in [4.69, 9.17) is 0 Å². The number of pyridine rings is 1. The number of benzene rings is 1. The van der Waals surface area contributed by atoms with Gasteiger partial charge in [0.15, 0.2) is 0 Å². The summed E-state index contributed by atoms with van der Waals surface area (Å²) < 4.78 is 0. The molecule has 1 aromatic heterocycles. The van der Waals surface area contributed by atoms with Crippen molar-refractivity contribution in [3.8, 4) is 0 Å². The Hall–Kier alpha value is -3.22. The van der Waals surface area contributed by atoms with Crippen LogP contribution in [0.5, 0.6) is 0 Å². The van der Waals surface area contributed by atoms with Gasteiger partial charge in [0, 0.05) is 43.1 Å². The van der Waals surface area contributed by atoms with Crippen molar-refractivity contribution in [1.29, 1.82) is 0 Å². The Morgan fingerprint density at radius 1 is 1.17 bits per heavy atom. The Morgan fingerprint density at radius 3 is 2.59 bits per heavy atom. The van der Waals surface area contributed by atoms with Gasteiger partial charge in [-0.15, -0.1) is 0 Å². The molecule has 1 atom stereocenters. The van der Waals surface area contributed by atoms with Gasteiger partial charge in [-0.1, -0.05) is 18.2 Å². The molecule has 1 aromatic carbocycles. The molecule has 1 aliphatic heterocycles. The summed E-state index contributed by atoms with van der Waals surface area (Å²) in [5, 5.41) is 5.77. The lowest BCUT2D eigenvalue weighted by molar-refractivity contribution is -0.132. The van der Waals surface area contributed by atoms with Crippen molar-refractivity contribution in [2.24, 2.45) is 5.92 Å². The van der Waals surface area contributed by atoms with Crippen molar-refractivity contribution in [2.45, 2.75) is 39.3 Å². The summed E-state index contributed by atoms with van der Waals surface area (Å²) in [6, 6.07) is 10.7. The van der Waals surface area contributed by atoms with Crippen LogP contribution in [0.15, 0.2) is 48.8 Å². The van der Waals surface area contributed by atoms with Gasteiger partial charge in [0.1, 0.15) is 0 Å². The van der Waals surface area contributed by atoms with Crippen LogP contribution >= 0.6 is 0 Å². The van der Waals surface area contributed by atoms with Gasteiger partial charge in [-0.25, -0.2) is 0 Å². The molecule has 0 bridgehead atoms. The highest BCUT2D eigenvalue weighted by atomic mass is 16.2. The molecule has 1 aliphatic rings. The molecule has 29 heavy (non-hydrogen) atoms. The van der Waals surface area contributed by atoms with E-state index in [1.165, 1.54) is 6.20 Å². The first kappa shape index (κ1) is 20.5. The largest absolute Gasteiger partial charge is 0.352 e. The number of hydrogen-bond acceptors (Lipinski definition) is 4. The Balaban J connectivity index is 1.62. The van der Waals surface area contributed by atoms with Crippen LogP contribution in [0.2, 0.25) is 0 Å². The number of amides is 3. The molecule has 7 heteroatoms. The highest BCUT2D eigenvalue weighted by Crippen LogP contribution is 2.26. The third-order valence-electron chi connectivity index (χ3n) is 4.95. The molecule has 0 saturated carbocycles. The molecule has 0 aliphatic carbocycles. The van der Waals surface area contributed by atoms with E-state index in [1.807, 2.05) is 39.0 Å². The van der Waals surface area contributed by atoms with Crippen LogP contribution in [0.25, 0.3) is 0 Å². The smallest absolute Gasteiger partial charge is 0.257 e. The molecule has 0 radical (unpaired) electrons. The van der Waals surface area contributed by atoms with Gasteiger partial charge < -0.3 is 15.5 Å². The van der Waals surface area contributed by atoms with E-state index in [0.717, 1.165) is 5.56 Å². The van der Waals surface area contributed by atoms with Gasteiger partial charge in [-0.05, 0) is 44.5 Å². The predicted octanol–water partition coefficient (Wildman–Crippen LogP) is 2.60. The van der Waals surface area contributed by atoms with Crippen LogP contribution < -0.4 is 10.6 Å². The highest BCUT2D eigenvalue weighted by Gasteiger charge is 2.39. The molecule has 3 rings (SSSR count). The number of nitrogens with zero attached hydrogens (tertiary/aromatic N) is 2. The maximum Gasteiger partial charge on any atom is 0.257 e. The van der Waals surface area contributed by atoms with Crippen molar-refractivity contribution in [3.63, 3.8) is 0 Å². The number of likely N-dealkylation sites (tertiary alicyclic amines) is 1. The lowest BCUT2D eigenvalue weighted by Gasteiger charge is -2.31. The summed E-state index contributed by atoms with van der Waals surface area (Å²) in [6.45, 7) is 6.58. The van der Waals surface area contributed by atoms with Crippen LogP contribution in [0, 0.1) is 5.92 Å². The number of nitrogens with one attached hydrogen (secondary N) is 2. The highest BCUT2D eigenvalue weighted by molar-refractivity contribution is 6.04. The minimum atomic E-state index is -0.362. The molecule has 3 amide bonds. The minimum Gasteiger partial charge on any atom is -0.352 e. The van der Waals surface area contributed by atoms with Gasteiger partial charge in [-0.2, -0.15) is 0 Å². The average molecular weight is 394 g/mol.